The third kappa shape index (κ3) is 1.34. The summed E-state index contributed by atoms with van der Waals surface area (Å²) in [6.07, 6.45) is 1.79. The van der Waals surface area contributed by atoms with Crippen LogP contribution in [0.5, 0.6) is 0 Å². The average Bonchev–Trinajstić information content (AvgIpc) is 2.32. The summed E-state index contributed by atoms with van der Waals surface area (Å²) in [5.41, 5.74) is 7.35. The molecule has 2 aromatic rings. The molecule has 0 unspecified atom stereocenters. The van der Waals surface area contributed by atoms with Gasteiger partial charge in [-0.25, -0.2) is 9.97 Å². The van der Waals surface area contributed by atoms with E-state index in [0.29, 0.717) is 10.4 Å². The van der Waals surface area contributed by atoms with Crippen molar-refractivity contribution in [2.75, 3.05) is 5.73 Å². The lowest BCUT2D eigenvalue weighted by atomic mass is 10.5. The summed E-state index contributed by atoms with van der Waals surface area (Å²) in [5.74, 6) is 0.638. The molecule has 2 N–H and O–H groups in total. The molecule has 68 valence electrons. The second kappa shape index (κ2) is 2.95. The number of anilines is 1. The molecular weight excluding hydrogens is 300 g/mol. The highest BCUT2D eigenvalue weighted by Gasteiger charge is 2.09. The van der Waals surface area contributed by atoms with E-state index in [0.717, 1.165) is 15.9 Å². The lowest BCUT2D eigenvalue weighted by Gasteiger charge is -1.98. The Labute approximate surface area is 91.4 Å². The van der Waals surface area contributed by atoms with E-state index >= 15 is 0 Å². The van der Waals surface area contributed by atoms with Crippen LogP contribution in [0.4, 0.5) is 5.82 Å². The first-order valence-electron chi connectivity index (χ1n) is 3.56. The number of hydrogen-bond acceptors (Lipinski definition) is 3. The van der Waals surface area contributed by atoms with Crippen LogP contribution in [0.15, 0.2) is 15.4 Å². The van der Waals surface area contributed by atoms with Gasteiger partial charge in [-0.15, -0.1) is 0 Å². The smallest absolute Gasteiger partial charge is 0.172 e. The van der Waals surface area contributed by atoms with Crippen LogP contribution in [0, 0.1) is 6.92 Å². The van der Waals surface area contributed by atoms with Crippen LogP contribution in [0.25, 0.3) is 5.65 Å². The molecule has 2 heterocycles. The predicted octanol–water partition coefficient (Wildman–Crippen LogP) is 2.14. The van der Waals surface area contributed by atoms with Crippen LogP contribution < -0.4 is 5.73 Å². The minimum Gasteiger partial charge on any atom is -0.383 e. The lowest BCUT2D eigenvalue weighted by Crippen LogP contribution is -1.95. The van der Waals surface area contributed by atoms with Crippen LogP contribution in [-0.4, -0.2) is 14.4 Å². The van der Waals surface area contributed by atoms with E-state index in [2.05, 4.69) is 41.8 Å². The van der Waals surface area contributed by atoms with Crippen molar-refractivity contribution >= 4 is 43.3 Å². The van der Waals surface area contributed by atoms with E-state index in [1.54, 1.807) is 10.6 Å². The van der Waals surface area contributed by atoms with Crippen molar-refractivity contribution in [3.8, 4) is 0 Å². The van der Waals surface area contributed by atoms with Crippen molar-refractivity contribution in [1.29, 1.82) is 0 Å². The quantitative estimate of drug-likeness (QED) is 0.811. The van der Waals surface area contributed by atoms with Gasteiger partial charge in [0.2, 0.25) is 0 Å². The predicted molar refractivity (Wildman–Crippen MR) is 57.5 cm³/mol. The molecule has 13 heavy (non-hydrogen) atoms. The van der Waals surface area contributed by atoms with E-state index < -0.39 is 0 Å². The van der Waals surface area contributed by atoms with E-state index in [-0.39, 0.29) is 0 Å². The summed E-state index contributed by atoms with van der Waals surface area (Å²) in [5, 5.41) is 0. The minimum absolute atomic E-state index is 0.638. The van der Waals surface area contributed by atoms with Gasteiger partial charge in [-0.1, -0.05) is 0 Å². The zero-order valence-electron chi connectivity index (χ0n) is 6.75. The first-order chi connectivity index (χ1) is 6.09. The van der Waals surface area contributed by atoms with Gasteiger partial charge in [0.15, 0.2) is 10.3 Å². The van der Waals surface area contributed by atoms with E-state index in [1.807, 2.05) is 6.92 Å². The van der Waals surface area contributed by atoms with Crippen LogP contribution >= 0.6 is 31.9 Å². The summed E-state index contributed by atoms with van der Waals surface area (Å²) in [4.78, 5) is 8.41. The number of halogens is 2. The number of aryl methyl sites for hydroxylation is 1. The Morgan fingerprint density at radius 1 is 1.38 bits per heavy atom. The standard InChI is InChI=1S/C7H6Br2N4/c1-3-6(10)13-2-4(8)12-5(9)7(13)11-3/h2H,10H2,1H3. The third-order valence-corrected chi connectivity index (χ3v) is 2.67. The molecule has 0 atom stereocenters. The lowest BCUT2D eigenvalue weighted by molar-refractivity contribution is 1.09. The Morgan fingerprint density at radius 3 is 2.77 bits per heavy atom. The molecule has 2 rings (SSSR count). The van der Waals surface area contributed by atoms with Gasteiger partial charge in [0.25, 0.3) is 0 Å². The maximum atomic E-state index is 5.81. The van der Waals surface area contributed by atoms with Gasteiger partial charge in [0.05, 0.1) is 5.69 Å². The summed E-state index contributed by atoms with van der Waals surface area (Å²) in [7, 11) is 0. The summed E-state index contributed by atoms with van der Waals surface area (Å²) >= 11 is 6.60. The Morgan fingerprint density at radius 2 is 2.08 bits per heavy atom. The molecule has 0 radical (unpaired) electrons. The molecule has 0 aliphatic heterocycles. The first-order valence-corrected chi connectivity index (χ1v) is 5.14. The molecule has 4 nitrogen and oxygen atoms in total. The molecule has 0 saturated carbocycles. The Kier molecular flexibility index (Phi) is 2.03. The summed E-state index contributed by atoms with van der Waals surface area (Å²) < 4.78 is 3.19. The highest BCUT2D eigenvalue weighted by molar-refractivity contribution is 9.11. The monoisotopic (exact) mass is 304 g/mol. The molecule has 0 aromatic carbocycles. The van der Waals surface area contributed by atoms with Crippen molar-refractivity contribution < 1.29 is 0 Å². The van der Waals surface area contributed by atoms with Crippen molar-refractivity contribution in [2.24, 2.45) is 0 Å². The average molecular weight is 306 g/mol. The maximum absolute atomic E-state index is 5.81. The Bertz CT molecular complexity index is 477. The number of fused-ring (bicyclic) bond motifs is 1. The molecular formula is C7H6Br2N4. The molecule has 0 saturated heterocycles. The second-order valence-corrected chi connectivity index (χ2v) is 4.19. The van der Waals surface area contributed by atoms with E-state index in [9.17, 15) is 0 Å². The van der Waals surface area contributed by atoms with Crippen molar-refractivity contribution in [3.63, 3.8) is 0 Å². The highest BCUT2D eigenvalue weighted by Crippen LogP contribution is 2.22. The molecule has 2 aromatic heterocycles. The number of nitrogen functional groups attached to an aromatic ring is 1. The van der Waals surface area contributed by atoms with Gasteiger partial charge < -0.3 is 5.73 Å². The van der Waals surface area contributed by atoms with Gasteiger partial charge >= 0.3 is 0 Å². The van der Waals surface area contributed by atoms with Gasteiger partial charge in [-0.3, -0.25) is 4.40 Å². The van der Waals surface area contributed by atoms with Crippen molar-refractivity contribution in [2.45, 2.75) is 6.92 Å². The molecule has 0 amide bonds. The highest BCUT2D eigenvalue weighted by atomic mass is 79.9. The number of rotatable bonds is 0. The summed E-state index contributed by atoms with van der Waals surface area (Å²) in [6, 6.07) is 0. The molecule has 6 heteroatoms. The van der Waals surface area contributed by atoms with Crippen LogP contribution in [0.3, 0.4) is 0 Å². The van der Waals surface area contributed by atoms with E-state index in [4.69, 9.17) is 5.73 Å². The Hall–Kier alpha value is -0.620. The summed E-state index contributed by atoms with van der Waals surface area (Å²) in [6.45, 7) is 1.86. The second-order valence-electron chi connectivity index (χ2n) is 2.63. The Balaban J connectivity index is 2.94. The fraction of sp³-hybridized carbons (Fsp3) is 0.143. The third-order valence-electron chi connectivity index (χ3n) is 1.76. The van der Waals surface area contributed by atoms with Crippen LogP contribution in [0.1, 0.15) is 5.69 Å². The van der Waals surface area contributed by atoms with Gasteiger partial charge in [-0.05, 0) is 38.8 Å². The van der Waals surface area contributed by atoms with Crippen molar-refractivity contribution in [1.82, 2.24) is 14.4 Å². The maximum Gasteiger partial charge on any atom is 0.172 e. The number of nitrogens with two attached hydrogens (primary N) is 1. The fourth-order valence-corrected chi connectivity index (χ4v) is 2.20. The molecule has 0 aliphatic rings. The van der Waals surface area contributed by atoms with Gasteiger partial charge in [-0.2, -0.15) is 0 Å². The topological polar surface area (TPSA) is 56.2 Å². The van der Waals surface area contributed by atoms with Gasteiger partial charge in [0.1, 0.15) is 10.4 Å². The molecule has 0 fully saturated rings. The normalized spacial score (nSPS) is 11.0. The molecule has 0 spiro atoms. The fourth-order valence-electron chi connectivity index (χ4n) is 1.11. The SMILES string of the molecule is Cc1nc2c(Br)nc(Br)cn2c1N. The van der Waals surface area contributed by atoms with Crippen LogP contribution in [0.2, 0.25) is 0 Å². The molecule has 0 bridgehead atoms. The number of hydrogen-bond donors (Lipinski definition) is 1. The zero-order chi connectivity index (χ0) is 9.59. The van der Waals surface area contributed by atoms with E-state index in [1.165, 1.54) is 0 Å². The zero-order valence-corrected chi connectivity index (χ0v) is 9.92. The number of imidazole rings is 1. The van der Waals surface area contributed by atoms with Crippen molar-refractivity contribution in [3.05, 3.63) is 21.1 Å². The van der Waals surface area contributed by atoms with Gasteiger partial charge in [0, 0.05) is 6.20 Å². The largest absolute Gasteiger partial charge is 0.383 e. The number of aromatic nitrogens is 3. The van der Waals surface area contributed by atoms with Crippen LogP contribution in [-0.2, 0) is 0 Å². The molecule has 0 aliphatic carbocycles. The number of nitrogens with zero attached hydrogens (tertiary/aromatic N) is 3. The minimum atomic E-state index is 0.638. The first kappa shape index (κ1) is 8.96.